The van der Waals surface area contributed by atoms with Crippen LogP contribution in [0.5, 0.6) is 5.75 Å². The van der Waals surface area contributed by atoms with Crippen molar-refractivity contribution < 1.29 is 9.53 Å². The molecule has 0 spiro atoms. The lowest BCUT2D eigenvalue weighted by Gasteiger charge is -2.16. The number of aryl methyl sites for hydroxylation is 1. The number of hydrogen-bond donors (Lipinski definition) is 0. The van der Waals surface area contributed by atoms with Gasteiger partial charge in [0.05, 0.1) is 25.1 Å². The van der Waals surface area contributed by atoms with Crippen LogP contribution < -0.4 is 4.74 Å². The third-order valence-electron chi connectivity index (χ3n) is 4.32. The summed E-state index contributed by atoms with van der Waals surface area (Å²) in [5.41, 5.74) is 3.21. The normalized spacial score (nSPS) is 18.6. The van der Waals surface area contributed by atoms with Crippen molar-refractivity contribution in [3.63, 3.8) is 0 Å². The van der Waals surface area contributed by atoms with Crippen LogP contribution in [-0.2, 0) is 11.3 Å². The van der Waals surface area contributed by atoms with Gasteiger partial charge in [-0.15, -0.1) is 5.10 Å². The monoisotopic (exact) mass is 381 g/mol. The summed E-state index contributed by atoms with van der Waals surface area (Å²) in [4.78, 5) is 14.4. The lowest BCUT2D eigenvalue weighted by molar-refractivity contribution is -0.126. The van der Waals surface area contributed by atoms with E-state index in [0.29, 0.717) is 11.7 Å². The molecule has 0 N–H and O–H groups in total. The predicted octanol–water partition coefficient (Wildman–Crippen LogP) is 4.25. The molecular formula is C21H23N3O2S. The zero-order valence-electron chi connectivity index (χ0n) is 15.8. The summed E-state index contributed by atoms with van der Waals surface area (Å²) >= 11 is 1.48. The summed E-state index contributed by atoms with van der Waals surface area (Å²) in [7, 11) is 1.64. The second-order valence-electron chi connectivity index (χ2n) is 6.33. The van der Waals surface area contributed by atoms with Crippen molar-refractivity contribution in [2.45, 2.75) is 32.1 Å². The zero-order valence-corrected chi connectivity index (χ0v) is 16.6. The second-order valence-corrected chi connectivity index (χ2v) is 7.49. The smallest absolute Gasteiger partial charge is 0.242 e. The van der Waals surface area contributed by atoms with E-state index in [4.69, 9.17) is 4.74 Å². The molecule has 2 aromatic carbocycles. The third-order valence-corrected chi connectivity index (χ3v) is 5.65. The van der Waals surface area contributed by atoms with Gasteiger partial charge in [0, 0.05) is 0 Å². The molecule has 0 bridgehead atoms. The highest BCUT2D eigenvalue weighted by atomic mass is 32.2. The van der Waals surface area contributed by atoms with Gasteiger partial charge in [-0.25, -0.2) is 0 Å². The average Bonchev–Trinajstić information content (AvgIpc) is 2.99. The first kappa shape index (κ1) is 19.2. The van der Waals surface area contributed by atoms with Crippen LogP contribution >= 0.6 is 11.8 Å². The fourth-order valence-electron chi connectivity index (χ4n) is 2.70. The van der Waals surface area contributed by atoms with Crippen molar-refractivity contribution >= 4 is 29.1 Å². The number of methoxy groups -OCH3 is 1. The highest BCUT2D eigenvalue weighted by Gasteiger charge is 2.36. The third kappa shape index (κ3) is 4.77. The van der Waals surface area contributed by atoms with Crippen molar-refractivity contribution in [1.82, 2.24) is 4.90 Å². The molecule has 1 atom stereocenters. The number of hydrogen-bond acceptors (Lipinski definition) is 5. The van der Waals surface area contributed by atoms with Gasteiger partial charge in [0.25, 0.3) is 0 Å². The van der Waals surface area contributed by atoms with E-state index in [2.05, 4.69) is 10.2 Å². The van der Waals surface area contributed by atoms with Crippen LogP contribution in [0.2, 0.25) is 0 Å². The molecule has 1 amide bonds. The van der Waals surface area contributed by atoms with Gasteiger partial charge in [-0.1, -0.05) is 60.6 Å². The van der Waals surface area contributed by atoms with Crippen LogP contribution in [0.3, 0.4) is 0 Å². The predicted molar refractivity (Wildman–Crippen MR) is 111 cm³/mol. The summed E-state index contributed by atoms with van der Waals surface area (Å²) in [6.07, 6.45) is 2.48. The molecule has 5 nitrogen and oxygen atoms in total. The number of ether oxygens (including phenoxy) is 1. The lowest BCUT2D eigenvalue weighted by Crippen LogP contribution is -2.31. The molecule has 0 aliphatic carbocycles. The van der Waals surface area contributed by atoms with E-state index >= 15 is 0 Å². The molecule has 1 aliphatic rings. The number of benzene rings is 2. The number of nitrogens with zero attached hydrogens (tertiary/aromatic N) is 3. The van der Waals surface area contributed by atoms with Crippen LogP contribution in [0.15, 0.2) is 58.7 Å². The minimum Gasteiger partial charge on any atom is -0.497 e. The van der Waals surface area contributed by atoms with Crippen molar-refractivity contribution in [2.75, 3.05) is 7.11 Å². The molecule has 3 rings (SSSR count). The van der Waals surface area contributed by atoms with E-state index < -0.39 is 0 Å². The van der Waals surface area contributed by atoms with Gasteiger partial charge < -0.3 is 4.74 Å². The quantitative estimate of drug-likeness (QED) is 0.555. The molecule has 1 heterocycles. The summed E-state index contributed by atoms with van der Waals surface area (Å²) < 4.78 is 5.19. The fourth-order valence-corrected chi connectivity index (χ4v) is 3.73. The van der Waals surface area contributed by atoms with E-state index in [-0.39, 0.29) is 11.2 Å². The molecule has 1 fully saturated rings. The van der Waals surface area contributed by atoms with Crippen molar-refractivity contribution in [2.24, 2.45) is 10.2 Å². The standard InChI is InChI=1S/C21H23N3O2S/c1-4-19-20(25)24(14-17-9-11-18(26-3)12-10-17)21(27-19)23-22-13-16-7-5-15(2)6-8-16/h5-13,19H,4,14H2,1-3H3/b22-13+,23-21-. The van der Waals surface area contributed by atoms with Gasteiger partial charge in [0.2, 0.25) is 5.91 Å². The van der Waals surface area contributed by atoms with Crippen molar-refractivity contribution in [3.8, 4) is 5.75 Å². The molecule has 1 aliphatic heterocycles. The minimum absolute atomic E-state index is 0.0857. The van der Waals surface area contributed by atoms with Crippen LogP contribution in [0.25, 0.3) is 0 Å². The molecule has 140 valence electrons. The molecule has 2 aromatic rings. The Balaban J connectivity index is 1.77. The number of amidine groups is 1. The van der Waals surface area contributed by atoms with Crippen LogP contribution in [-0.4, -0.2) is 34.5 Å². The van der Waals surface area contributed by atoms with E-state index in [1.807, 2.05) is 62.4 Å². The maximum absolute atomic E-state index is 12.7. The van der Waals surface area contributed by atoms with Gasteiger partial charge in [-0.05, 0) is 36.6 Å². The Morgan fingerprint density at radius 1 is 1.15 bits per heavy atom. The Bertz CT molecular complexity index is 845. The van der Waals surface area contributed by atoms with E-state index in [0.717, 1.165) is 23.3 Å². The average molecular weight is 382 g/mol. The maximum Gasteiger partial charge on any atom is 0.242 e. The molecule has 6 heteroatoms. The summed E-state index contributed by atoms with van der Waals surface area (Å²) in [6, 6.07) is 15.8. The van der Waals surface area contributed by atoms with Gasteiger partial charge in [0.1, 0.15) is 5.75 Å². The first-order chi connectivity index (χ1) is 13.1. The first-order valence-electron chi connectivity index (χ1n) is 8.89. The van der Waals surface area contributed by atoms with E-state index in [9.17, 15) is 4.79 Å². The van der Waals surface area contributed by atoms with Gasteiger partial charge >= 0.3 is 0 Å². The molecule has 0 aromatic heterocycles. The van der Waals surface area contributed by atoms with E-state index in [1.165, 1.54) is 17.3 Å². The highest BCUT2D eigenvalue weighted by molar-refractivity contribution is 8.15. The molecular weight excluding hydrogens is 358 g/mol. The molecule has 1 saturated heterocycles. The van der Waals surface area contributed by atoms with Crippen molar-refractivity contribution in [1.29, 1.82) is 0 Å². The molecule has 1 unspecified atom stereocenters. The largest absolute Gasteiger partial charge is 0.497 e. The summed E-state index contributed by atoms with van der Waals surface area (Å²) in [5, 5.41) is 9.08. The number of rotatable bonds is 6. The lowest BCUT2D eigenvalue weighted by atomic mass is 10.2. The van der Waals surface area contributed by atoms with E-state index in [1.54, 1.807) is 18.2 Å². The van der Waals surface area contributed by atoms with Crippen LogP contribution in [0.4, 0.5) is 0 Å². The first-order valence-corrected chi connectivity index (χ1v) is 9.77. The Kier molecular flexibility index (Phi) is 6.29. The number of amides is 1. The minimum atomic E-state index is -0.100. The van der Waals surface area contributed by atoms with Crippen molar-refractivity contribution in [3.05, 3.63) is 65.2 Å². The molecule has 0 radical (unpaired) electrons. The van der Waals surface area contributed by atoms with Gasteiger partial charge in [-0.2, -0.15) is 5.10 Å². The Labute approximate surface area is 164 Å². The number of thioether (sulfide) groups is 1. The highest BCUT2D eigenvalue weighted by Crippen LogP contribution is 2.31. The SMILES string of the molecule is CCC1S/C(=N\N=C\c2ccc(C)cc2)N(Cc2ccc(OC)cc2)C1=O. The van der Waals surface area contributed by atoms with Crippen LogP contribution in [0.1, 0.15) is 30.0 Å². The van der Waals surface area contributed by atoms with Gasteiger partial charge in [-0.3, -0.25) is 9.69 Å². The Morgan fingerprint density at radius 3 is 2.48 bits per heavy atom. The topological polar surface area (TPSA) is 54.3 Å². The summed E-state index contributed by atoms with van der Waals surface area (Å²) in [6.45, 7) is 4.54. The second kappa shape index (κ2) is 8.86. The Morgan fingerprint density at radius 2 is 1.85 bits per heavy atom. The Hall–Kier alpha value is -2.60. The zero-order chi connectivity index (χ0) is 19.2. The maximum atomic E-state index is 12.7. The fraction of sp³-hybridized carbons (Fsp3) is 0.286. The van der Waals surface area contributed by atoms with Gasteiger partial charge in [0.15, 0.2) is 5.17 Å². The number of carbonyl (C=O) groups is 1. The number of carbonyl (C=O) groups excluding carboxylic acids is 1. The summed E-state index contributed by atoms with van der Waals surface area (Å²) in [5.74, 6) is 0.881. The molecule has 27 heavy (non-hydrogen) atoms. The molecule has 0 saturated carbocycles. The van der Waals surface area contributed by atoms with Crippen LogP contribution in [0, 0.1) is 6.92 Å².